The van der Waals surface area contributed by atoms with Crippen molar-refractivity contribution in [1.82, 2.24) is 29.5 Å². The number of halogens is 1. The largest absolute Gasteiger partial charge is 0.435 e. The van der Waals surface area contributed by atoms with Crippen molar-refractivity contribution >= 4 is 11.4 Å². The quantitative estimate of drug-likeness (QED) is 0.579. The summed E-state index contributed by atoms with van der Waals surface area (Å²) in [5.41, 5.74) is 2.58. The second-order valence-electron chi connectivity index (χ2n) is 7.51. The summed E-state index contributed by atoms with van der Waals surface area (Å²) in [6, 6.07) is 4.11. The maximum absolute atomic E-state index is 14.2. The van der Waals surface area contributed by atoms with Gasteiger partial charge in [0.1, 0.15) is 17.4 Å². The number of imidazole rings is 1. The average molecular weight is 392 g/mol. The fraction of sp³-hybridized carbons (Fsp3) is 0.300. The zero-order valence-corrected chi connectivity index (χ0v) is 15.4. The van der Waals surface area contributed by atoms with Crippen LogP contribution in [0.1, 0.15) is 58.3 Å². The number of amides is 1. The van der Waals surface area contributed by atoms with Gasteiger partial charge in [0.25, 0.3) is 5.91 Å². The molecule has 0 unspecified atom stereocenters. The lowest BCUT2D eigenvalue weighted by atomic mass is 9.99. The van der Waals surface area contributed by atoms with Gasteiger partial charge in [0, 0.05) is 30.8 Å². The van der Waals surface area contributed by atoms with E-state index < -0.39 is 6.04 Å². The van der Waals surface area contributed by atoms with Gasteiger partial charge >= 0.3 is 0 Å². The van der Waals surface area contributed by atoms with Crippen LogP contribution in [0.25, 0.3) is 5.52 Å². The van der Waals surface area contributed by atoms with Crippen molar-refractivity contribution in [2.24, 2.45) is 0 Å². The number of carbonyl (C=O) groups is 1. The molecule has 0 aromatic carbocycles. The lowest BCUT2D eigenvalue weighted by molar-refractivity contribution is 0.0652. The van der Waals surface area contributed by atoms with Crippen molar-refractivity contribution in [1.29, 1.82) is 0 Å². The van der Waals surface area contributed by atoms with Crippen LogP contribution in [-0.4, -0.2) is 41.9 Å². The molecule has 1 saturated carbocycles. The number of hydrogen-bond acceptors (Lipinski definition) is 5. The van der Waals surface area contributed by atoms with Crippen LogP contribution in [0.4, 0.5) is 4.39 Å². The van der Waals surface area contributed by atoms with Crippen molar-refractivity contribution in [3.05, 3.63) is 71.5 Å². The minimum Gasteiger partial charge on any atom is -0.435 e. The fourth-order valence-corrected chi connectivity index (χ4v) is 3.98. The minimum atomic E-state index is -0.536. The smallest absolute Gasteiger partial charge is 0.292 e. The highest BCUT2D eigenvalue weighted by atomic mass is 19.1. The number of fused-ring (bicyclic) bond motifs is 2. The Morgan fingerprint density at radius 2 is 2.21 bits per heavy atom. The van der Waals surface area contributed by atoms with Gasteiger partial charge in [0.05, 0.1) is 23.9 Å². The Morgan fingerprint density at radius 3 is 3.03 bits per heavy atom. The number of aromatic nitrogens is 5. The Hall–Kier alpha value is -3.49. The molecule has 1 amide bonds. The molecule has 29 heavy (non-hydrogen) atoms. The van der Waals surface area contributed by atoms with E-state index in [1.807, 2.05) is 0 Å². The van der Waals surface area contributed by atoms with Crippen molar-refractivity contribution < 1.29 is 13.6 Å². The number of aromatic amines is 1. The Bertz CT molecular complexity index is 1240. The van der Waals surface area contributed by atoms with Crippen LogP contribution >= 0.6 is 0 Å². The van der Waals surface area contributed by atoms with E-state index in [9.17, 15) is 9.18 Å². The topological polar surface area (TPSA) is 92.3 Å². The number of nitrogens with zero attached hydrogens (tertiary/aromatic N) is 5. The Balaban J connectivity index is 1.44. The van der Waals surface area contributed by atoms with Gasteiger partial charge in [-0.05, 0) is 31.0 Å². The molecule has 0 radical (unpaired) electrons. The first-order chi connectivity index (χ1) is 14.2. The molecule has 6 rings (SSSR count). The second-order valence-corrected chi connectivity index (χ2v) is 7.51. The van der Waals surface area contributed by atoms with Crippen LogP contribution in [0, 0.1) is 5.82 Å². The van der Waals surface area contributed by atoms with E-state index in [-0.39, 0.29) is 17.5 Å². The molecule has 4 aromatic heterocycles. The van der Waals surface area contributed by atoms with Gasteiger partial charge < -0.3 is 14.3 Å². The second kappa shape index (κ2) is 6.00. The zero-order valence-electron chi connectivity index (χ0n) is 15.4. The third-order valence-corrected chi connectivity index (χ3v) is 5.60. The molecule has 4 aromatic rings. The number of nitrogens with one attached hydrogen (secondary N) is 1. The van der Waals surface area contributed by atoms with Crippen LogP contribution in [0.3, 0.4) is 0 Å². The van der Waals surface area contributed by atoms with Crippen molar-refractivity contribution in [3.63, 3.8) is 0 Å². The molecule has 0 bridgehead atoms. The average Bonchev–Trinajstić information content (AvgIpc) is 3.13. The van der Waals surface area contributed by atoms with Crippen molar-refractivity contribution in [2.45, 2.75) is 31.2 Å². The highest BCUT2D eigenvalue weighted by molar-refractivity contribution is 5.92. The normalized spacial score (nSPS) is 18.9. The number of rotatable bonds is 3. The van der Waals surface area contributed by atoms with Crippen LogP contribution < -0.4 is 0 Å². The molecule has 0 saturated heterocycles. The van der Waals surface area contributed by atoms with Gasteiger partial charge in [-0.1, -0.05) is 0 Å². The first-order valence-electron chi connectivity index (χ1n) is 9.61. The molecule has 9 heteroatoms. The molecule has 1 aliphatic heterocycles. The predicted octanol–water partition coefficient (Wildman–Crippen LogP) is 2.85. The van der Waals surface area contributed by atoms with Gasteiger partial charge in [-0.2, -0.15) is 5.10 Å². The fourth-order valence-electron chi connectivity index (χ4n) is 3.98. The number of carbonyl (C=O) groups excluding carboxylic acids is 1. The number of pyridine rings is 1. The standard InChI is InChI=1S/C20H17FN6O2/c21-12-2-1-6-27-15(12)8-14(25-27)18-17-13(23-10-24-17)5-7-26(18)20(28)16-9-22-19(29-16)11-3-4-11/h1-2,6,8-11,18H,3-5,7H2,(H,23,24)/t18-/m0/s1. The third kappa shape index (κ3) is 2.57. The molecule has 0 spiro atoms. The summed E-state index contributed by atoms with van der Waals surface area (Å²) in [4.78, 5) is 26.8. The molecular weight excluding hydrogens is 375 g/mol. The first kappa shape index (κ1) is 16.5. The van der Waals surface area contributed by atoms with E-state index in [1.54, 1.807) is 29.6 Å². The number of oxazole rings is 1. The van der Waals surface area contributed by atoms with Gasteiger partial charge in [-0.25, -0.2) is 18.9 Å². The summed E-state index contributed by atoms with van der Waals surface area (Å²) in [6.07, 6.45) is 7.52. The van der Waals surface area contributed by atoms with Crippen LogP contribution in [0.5, 0.6) is 0 Å². The Morgan fingerprint density at radius 1 is 1.31 bits per heavy atom. The highest BCUT2D eigenvalue weighted by Gasteiger charge is 2.38. The summed E-state index contributed by atoms with van der Waals surface area (Å²) in [5, 5.41) is 4.53. The van der Waals surface area contributed by atoms with Gasteiger partial charge in [0.2, 0.25) is 5.76 Å². The Labute approximate surface area is 164 Å². The summed E-state index contributed by atoms with van der Waals surface area (Å²) in [5.74, 6) is 0.531. The van der Waals surface area contributed by atoms with E-state index in [2.05, 4.69) is 20.1 Å². The molecule has 5 heterocycles. The lowest BCUT2D eigenvalue weighted by Gasteiger charge is -2.33. The predicted molar refractivity (Wildman–Crippen MR) is 98.8 cm³/mol. The SMILES string of the molecule is O=C(c1cnc(C2CC2)o1)N1CCc2[nH]cnc2[C@@H]1c1cc2c(F)cccn2n1. The minimum absolute atomic E-state index is 0.214. The molecule has 2 aliphatic rings. The van der Waals surface area contributed by atoms with E-state index in [4.69, 9.17) is 4.42 Å². The monoisotopic (exact) mass is 392 g/mol. The van der Waals surface area contributed by atoms with Crippen molar-refractivity contribution in [2.75, 3.05) is 6.54 Å². The summed E-state index contributed by atoms with van der Waals surface area (Å²) in [6.45, 7) is 0.467. The number of H-pyrrole nitrogens is 1. The highest BCUT2D eigenvalue weighted by Crippen LogP contribution is 2.40. The van der Waals surface area contributed by atoms with Crippen LogP contribution in [-0.2, 0) is 6.42 Å². The van der Waals surface area contributed by atoms with E-state index in [0.717, 1.165) is 24.2 Å². The van der Waals surface area contributed by atoms with E-state index in [0.29, 0.717) is 36.0 Å². The molecular formula is C20H17FN6O2. The molecule has 8 nitrogen and oxygen atoms in total. The van der Waals surface area contributed by atoms with Gasteiger partial charge in [0.15, 0.2) is 5.89 Å². The Kier molecular flexibility index (Phi) is 3.41. The maximum atomic E-state index is 14.2. The first-order valence-corrected chi connectivity index (χ1v) is 9.61. The molecule has 146 valence electrons. The van der Waals surface area contributed by atoms with Gasteiger partial charge in [-0.3, -0.25) is 4.79 Å². The van der Waals surface area contributed by atoms with Crippen LogP contribution in [0.2, 0.25) is 0 Å². The maximum Gasteiger partial charge on any atom is 0.292 e. The molecule has 1 aliphatic carbocycles. The molecule has 1 N–H and O–H groups in total. The third-order valence-electron chi connectivity index (χ3n) is 5.60. The van der Waals surface area contributed by atoms with Gasteiger partial charge in [-0.15, -0.1) is 0 Å². The molecule has 1 atom stereocenters. The van der Waals surface area contributed by atoms with E-state index in [1.165, 1.54) is 16.8 Å². The summed E-state index contributed by atoms with van der Waals surface area (Å²) in [7, 11) is 0. The van der Waals surface area contributed by atoms with Crippen LogP contribution in [0.15, 0.2) is 41.3 Å². The van der Waals surface area contributed by atoms with E-state index >= 15 is 0 Å². The summed E-state index contributed by atoms with van der Waals surface area (Å²) < 4.78 is 21.4. The summed E-state index contributed by atoms with van der Waals surface area (Å²) >= 11 is 0. The zero-order chi connectivity index (χ0) is 19.5. The lowest BCUT2D eigenvalue weighted by Crippen LogP contribution is -2.40. The van der Waals surface area contributed by atoms with Crippen molar-refractivity contribution in [3.8, 4) is 0 Å². The molecule has 1 fully saturated rings. The number of hydrogen-bond donors (Lipinski definition) is 1.